The maximum Gasteiger partial charge on any atom is 0.256 e. The number of thiophene rings is 1. The fourth-order valence-electron chi connectivity index (χ4n) is 3.79. The molecule has 1 atom stereocenters. The van der Waals surface area contributed by atoms with Gasteiger partial charge in [-0.25, -0.2) is 0 Å². The van der Waals surface area contributed by atoms with E-state index < -0.39 is 6.04 Å². The molecule has 2 N–H and O–H groups in total. The molecular weight excluding hydrogens is 314 g/mol. The highest BCUT2D eigenvalue weighted by molar-refractivity contribution is 7.10. The number of fused-ring (bicyclic) bond motifs is 1. The summed E-state index contributed by atoms with van der Waals surface area (Å²) < 4.78 is 0. The zero-order valence-corrected chi connectivity index (χ0v) is 13.6. The van der Waals surface area contributed by atoms with Crippen LogP contribution in [0.1, 0.15) is 52.4 Å². The molecule has 1 aromatic rings. The smallest absolute Gasteiger partial charge is 0.256 e. The van der Waals surface area contributed by atoms with Crippen molar-refractivity contribution in [3.63, 3.8) is 0 Å². The molecule has 6 nitrogen and oxygen atoms in total. The third kappa shape index (κ3) is 2.48. The van der Waals surface area contributed by atoms with E-state index in [9.17, 15) is 14.4 Å². The van der Waals surface area contributed by atoms with Gasteiger partial charge in [0.15, 0.2) is 0 Å². The molecule has 0 spiro atoms. The molecule has 0 bridgehead atoms. The van der Waals surface area contributed by atoms with Crippen molar-refractivity contribution in [3.8, 4) is 0 Å². The van der Waals surface area contributed by atoms with E-state index in [1.807, 2.05) is 5.38 Å². The summed E-state index contributed by atoms with van der Waals surface area (Å²) >= 11 is 1.68. The van der Waals surface area contributed by atoms with Crippen molar-refractivity contribution in [2.75, 3.05) is 13.1 Å². The Balaban J connectivity index is 1.57. The molecule has 3 amide bonds. The summed E-state index contributed by atoms with van der Waals surface area (Å²) in [5.41, 5.74) is 1.87. The quantitative estimate of drug-likeness (QED) is 0.791. The van der Waals surface area contributed by atoms with Gasteiger partial charge in [-0.3, -0.25) is 19.7 Å². The Morgan fingerprint density at radius 2 is 1.91 bits per heavy atom. The topological polar surface area (TPSA) is 78.5 Å². The largest absolute Gasteiger partial charge is 0.322 e. The van der Waals surface area contributed by atoms with Crippen LogP contribution in [-0.2, 0) is 16.1 Å². The van der Waals surface area contributed by atoms with Gasteiger partial charge in [-0.05, 0) is 43.8 Å². The summed E-state index contributed by atoms with van der Waals surface area (Å²) in [7, 11) is 0. The van der Waals surface area contributed by atoms with E-state index >= 15 is 0 Å². The minimum absolute atomic E-state index is 0.0640. The van der Waals surface area contributed by atoms with Crippen LogP contribution in [0.15, 0.2) is 5.38 Å². The van der Waals surface area contributed by atoms with Crippen molar-refractivity contribution in [2.24, 2.45) is 0 Å². The average Bonchev–Trinajstić information content (AvgIpc) is 3.09. The molecule has 0 radical (unpaired) electrons. The Labute approximate surface area is 138 Å². The van der Waals surface area contributed by atoms with Crippen LogP contribution in [0.3, 0.4) is 0 Å². The molecule has 0 aromatic carbocycles. The lowest BCUT2D eigenvalue weighted by Gasteiger charge is -2.30. The highest BCUT2D eigenvalue weighted by atomic mass is 32.1. The van der Waals surface area contributed by atoms with Crippen LogP contribution in [0.5, 0.6) is 0 Å². The van der Waals surface area contributed by atoms with E-state index in [1.54, 1.807) is 16.2 Å². The number of hydrogen-bond donors (Lipinski definition) is 2. The van der Waals surface area contributed by atoms with Crippen molar-refractivity contribution < 1.29 is 14.4 Å². The monoisotopic (exact) mass is 333 g/mol. The molecule has 0 aliphatic carbocycles. The number of carbonyl (C=O) groups excluding carboxylic acids is 3. The van der Waals surface area contributed by atoms with E-state index in [0.29, 0.717) is 25.3 Å². The summed E-state index contributed by atoms with van der Waals surface area (Å²) in [6.45, 7) is 2.54. The number of nitrogens with one attached hydrogen (secondary N) is 2. The predicted octanol–water partition coefficient (Wildman–Crippen LogP) is 0.976. The number of imide groups is 1. The Morgan fingerprint density at radius 1 is 1.13 bits per heavy atom. The number of amides is 3. The zero-order chi connectivity index (χ0) is 16.0. The van der Waals surface area contributed by atoms with Crippen molar-refractivity contribution >= 4 is 29.1 Å². The molecule has 3 aliphatic rings. The van der Waals surface area contributed by atoms with Crippen molar-refractivity contribution in [1.82, 2.24) is 15.5 Å². The first-order chi connectivity index (χ1) is 11.1. The van der Waals surface area contributed by atoms with Gasteiger partial charge in [-0.15, -0.1) is 11.3 Å². The Bertz CT molecular complexity index is 678. The summed E-state index contributed by atoms with van der Waals surface area (Å²) in [6.07, 6.45) is 2.92. The zero-order valence-electron chi connectivity index (χ0n) is 12.8. The van der Waals surface area contributed by atoms with Crippen LogP contribution in [0, 0.1) is 0 Å². The van der Waals surface area contributed by atoms with Gasteiger partial charge in [0, 0.05) is 23.2 Å². The molecule has 23 heavy (non-hydrogen) atoms. The molecule has 4 rings (SSSR count). The second-order valence-electron chi connectivity index (χ2n) is 6.42. The van der Waals surface area contributed by atoms with Gasteiger partial charge < -0.3 is 10.2 Å². The van der Waals surface area contributed by atoms with Crippen LogP contribution < -0.4 is 10.6 Å². The molecular formula is C16H19N3O3S. The van der Waals surface area contributed by atoms with Crippen LogP contribution >= 0.6 is 11.3 Å². The fraction of sp³-hybridized carbons (Fsp3) is 0.562. The lowest BCUT2D eigenvalue weighted by Crippen LogP contribution is -2.52. The van der Waals surface area contributed by atoms with Crippen molar-refractivity contribution in [2.45, 2.75) is 44.2 Å². The molecule has 1 aromatic heterocycles. The summed E-state index contributed by atoms with van der Waals surface area (Å²) in [6, 6.07) is -0.515. The molecule has 1 unspecified atom stereocenters. The van der Waals surface area contributed by atoms with Crippen LogP contribution in [0.4, 0.5) is 0 Å². The number of nitrogens with zero attached hydrogens (tertiary/aromatic N) is 1. The highest BCUT2D eigenvalue weighted by Gasteiger charge is 2.41. The van der Waals surface area contributed by atoms with Gasteiger partial charge in [-0.1, -0.05) is 0 Å². The Hall–Kier alpha value is -1.73. The lowest BCUT2D eigenvalue weighted by molar-refractivity contribution is -0.136. The molecule has 7 heteroatoms. The van der Waals surface area contributed by atoms with Crippen LogP contribution in [-0.4, -0.2) is 41.8 Å². The van der Waals surface area contributed by atoms with Crippen molar-refractivity contribution in [1.29, 1.82) is 0 Å². The minimum Gasteiger partial charge on any atom is -0.322 e. The molecule has 3 aliphatic heterocycles. The van der Waals surface area contributed by atoms with Gasteiger partial charge in [0.1, 0.15) is 6.04 Å². The molecule has 4 heterocycles. The van der Waals surface area contributed by atoms with Gasteiger partial charge in [0.2, 0.25) is 11.8 Å². The van der Waals surface area contributed by atoms with E-state index in [4.69, 9.17) is 0 Å². The average molecular weight is 333 g/mol. The summed E-state index contributed by atoms with van der Waals surface area (Å²) in [4.78, 5) is 39.0. The SMILES string of the molecule is O=C1CCC(N2Cc3c(csc3C3CCNCC3)C2=O)C(=O)N1. The van der Waals surface area contributed by atoms with E-state index in [2.05, 4.69) is 10.6 Å². The standard InChI is InChI=1S/C16H19N3O3S/c20-13-2-1-12(15(21)18-13)19-7-10-11(16(19)22)8-23-14(10)9-3-5-17-6-4-9/h8-9,12,17H,1-7H2,(H,18,20,21). The predicted molar refractivity (Wildman–Crippen MR) is 85.2 cm³/mol. The summed E-state index contributed by atoms with van der Waals surface area (Å²) in [5, 5.41) is 7.66. The van der Waals surface area contributed by atoms with Crippen LogP contribution in [0.25, 0.3) is 0 Å². The maximum atomic E-state index is 12.7. The minimum atomic E-state index is -0.515. The van der Waals surface area contributed by atoms with E-state index in [1.165, 1.54) is 4.88 Å². The molecule has 2 fully saturated rings. The molecule has 0 saturated carbocycles. The second-order valence-corrected chi connectivity index (χ2v) is 7.33. The number of piperidine rings is 2. The first-order valence-corrected chi connectivity index (χ1v) is 8.98. The normalized spacial score (nSPS) is 25.7. The third-order valence-corrected chi connectivity index (χ3v) is 6.23. The van der Waals surface area contributed by atoms with Gasteiger partial charge in [0.25, 0.3) is 5.91 Å². The number of hydrogen-bond acceptors (Lipinski definition) is 5. The lowest BCUT2D eigenvalue weighted by atomic mass is 9.93. The summed E-state index contributed by atoms with van der Waals surface area (Å²) in [5.74, 6) is -0.139. The van der Waals surface area contributed by atoms with Crippen LogP contribution in [0.2, 0.25) is 0 Å². The van der Waals surface area contributed by atoms with Crippen molar-refractivity contribution in [3.05, 3.63) is 21.4 Å². The van der Waals surface area contributed by atoms with Gasteiger partial charge in [0.05, 0.1) is 5.56 Å². The first-order valence-electron chi connectivity index (χ1n) is 8.11. The second kappa shape index (κ2) is 5.72. The Kier molecular flexibility index (Phi) is 3.69. The maximum absolute atomic E-state index is 12.7. The first kappa shape index (κ1) is 14.8. The molecule has 122 valence electrons. The Morgan fingerprint density at radius 3 is 2.65 bits per heavy atom. The highest BCUT2D eigenvalue weighted by Crippen LogP contribution is 2.40. The fourth-order valence-corrected chi connectivity index (χ4v) is 5.03. The number of carbonyl (C=O) groups is 3. The molecule has 2 saturated heterocycles. The van der Waals surface area contributed by atoms with Gasteiger partial charge >= 0.3 is 0 Å². The van der Waals surface area contributed by atoms with E-state index in [-0.39, 0.29) is 17.7 Å². The number of rotatable bonds is 2. The third-order valence-electron chi connectivity index (χ3n) is 5.04. The van der Waals surface area contributed by atoms with Gasteiger partial charge in [-0.2, -0.15) is 0 Å². The van der Waals surface area contributed by atoms with E-state index in [0.717, 1.165) is 37.1 Å².